The Morgan fingerprint density at radius 3 is 2.65 bits per heavy atom. The Labute approximate surface area is 177 Å². The van der Waals surface area contributed by atoms with Crippen LogP contribution in [-0.4, -0.2) is 31.7 Å². The van der Waals surface area contributed by atoms with E-state index in [1.54, 1.807) is 30.3 Å². The number of carbonyl (C=O) groups is 1. The van der Waals surface area contributed by atoms with Gasteiger partial charge in [-0.3, -0.25) is 4.79 Å². The first-order valence-corrected chi connectivity index (χ1v) is 9.75. The van der Waals surface area contributed by atoms with E-state index in [0.29, 0.717) is 23.8 Å². The third-order valence-electron chi connectivity index (χ3n) is 4.51. The summed E-state index contributed by atoms with van der Waals surface area (Å²) in [6.07, 6.45) is 2.93. The highest BCUT2D eigenvalue weighted by atomic mass is 16.5. The monoisotopic (exact) mass is 419 g/mol. The first-order chi connectivity index (χ1) is 15.0. The number of hydrogen-bond donors (Lipinski definition) is 1. The number of nitrogens with one attached hydrogen (secondary N) is 1. The highest BCUT2D eigenvalue weighted by Gasteiger charge is 2.16. The lowest BCUT2D eigenvalue weighted by Gasteiger charge is -2.07. The van der Waals surface area contributed by atoms with Crippen molar-refractivity contribution in [2.75, 3.05) is 11.9 Å². The Morgan fingerprint density at radius 1 is 1.13 bits per heavy atom. The smallest absolute Gasteiger partial charge is 0.351 e. The topological polar surface area (TPSA) is 99.8 Å². The molecule has 2 aromatic heterocycles. The summed E-state index contributed by atoms with van der Waals surface area (Å²) in [6.45, 7) is 4.12. The van der Waals surface area contributed by atoms with Gasteiger partial charge in [-0.1, -0.05) is 18.2 Å². The summed E-state index contributed by atoms with van der Waals surface area (Å²) < 4.78 is 13.6. The molecular weight excluding hydrogens is 398 g/mol. The van der Waals surface area contributed by atoms with Crippen molar-refractivity contribution < 1.29 is 14.3 Å². The highest BCUT2D eigenvalue weighted by molar-refractivity contribution is 5.90. The quantitative estimate of drug-likeness (QED) is 0.494. The Hall–Kier alpha value is -4.14. The molecule has 31 heavy (non-hydrogen) atoms. The molecule has 0 saturated carbocycles. The second-order valence-electron chi connectivity index (χ2n) is 6.74. The predicted molar refractivity (Wildman–Crippen MR) is 115 cm³/mol. The van der Waals surface area contributed by atoms with Crippen molar-refractivity contribution in [1.29, 1.82) is 0 Å². The van der Waals surface area contributed by atoms with Crippen molar-refractivity contribution in [2.24, 2.45) is 0 Å². The van der Waals surface area contributed by atoms with Crippen molar-refractivity contribution in [3.63, 3.8) is 0 Å². The van der Waals surface area contributed by atoms with E-state index >= 15 is 0 Å². The highest BCUT2D eigenvalue weighted by Crippen LogP contribution is 2.25. The molecule has 0 saturated heterocycles. The maximum absolute atomic E-state index is 12.7. The molecule has 9 nitrogen and oxygen atoms in total. The van der Waals surface area contributed by atoms with Crippen LogP contribution in [-0.2, 0) is 11.3 Å². The molecule has 0 atom stereocenters. The minimum absolute atomic E-state index is 0.180. The third-order valence-corrected chi connectivity index (χ3v) is 4.51. The van der Waals surface area contributed by atoms with Gasteiger partial charge in [0.1, 0.15) is 18.0 Å². The van der Waals surface area contributed by atoms with E-state index < -0.39 is 5.69 Å². The molecule has 9 heteroatoms. The molecule has 0 aliphatic rings. The van der Waals surface area contributed by atoms with Gasteiger partial charge in [-0.25, -0.2) is 18.9 Å². The van der Waals surface area contributed by atoms with Crippen molar-refractivity contribution >= 4 is 17.2 Å². The van der Waals surface area contributed by atoms with E-state index in [9.17, 15) is 9.59 Å². The van der Waals surface area contributed by atoms with Crippen LogP contribution in [0.15, 0.2) is 65.7 Å². The van der Waals surface area contributed by atoms with E-state index in [1.165, 1.54) is 16.8 Å². The molecule has 2 heterocycles. The predicted octanol–water partition coefficient (Wildman–Crippen LogP) is 3.03. The van der Waals surface area contributed by atoms with E-state index in [2.05, 4.69) is 15.4 Å². The van der Waals surface area contributed by atoms with Gasteiger partial charge in [0.15, 0.2) is 0 Å². The van der Waals surface area contributed by atoms with Crippen LogP contribution in [0, 0.1) is 6.92 Å². The second kappa shape index (κ2) is 8.70. The van der Waals surface area contributed by atoms with Crippen LogP contribution in [0.2, 0.25) is 0 Å². The molecule has 158 valence electrons. The Balaban J connectivity index is 1.54. The van der Waals surface area contributed by atoms with Gasteiger partial charge in [-0.2, -0.15) is 0 Å². The summed E-state index contributed by atoms with van der Waals surface area (Å²) in [4.78, 5) is 29.3. The molecule has 1 N–H and O–H groups in total. The van der Waals surface area contributed by atoms with E-state index in [1.807, 2.05) is 32.0 Å². The summed E-state index contributed by atoms with van der Waals surface area (Å²) in [7, 11) is 0. The molecule has 0 aliphatic heterocycles. The largest absolute Gasteiger partial charge is 0.494 e. The number of para-hydroxylation sites is 1. The number of aryl methyl sites for hydroxylation is 1. The summed E-state index contributed by atoms with van der Waals surface area (Å²) >= 11 is 0. The maximum atomic E-state index is 12.7. The van der Waals surface area contributed by atoms with Gasteiger partial charge >= 0.3 is 5.69 Å². The van der Waals surface area contributed by atoms with Crippen LogP contribution in [0.1, 0.15) is 12.5 Å². The fraction of sp³-hybridized carbons (Fsp3) is 0.182. The Morgan fingerprint density at radius 2 is 1.90 bits per heavy atom. The number of fused-ring (bicyclic) bond motifs is 1. The minimum Gasteiger partial charge on any atom is -0.494 e. The fourth-order valence-corrected chi connectivity index (χ4v) is 3.01. The standard InChI is InChI=1S/C22H21N5O4/c1-3-30-17-10-8-16(9-11-17)24-19(28)14-27-22(29)26-13-12-23-21(20(26)25-27)31-18-7-5-4-6-15(18)2/h4-13H,3,14H2,1-2H3,(H,24,28). The molecule has 0 fully saturated rings. The molecule has 0 unspecified atom stereocenters. The Bertz CT molecular complexity index is 1280. The number of aromatic nitrogens is 4. The van der Waals surface area contributed by atoms with Crippen LogP contribution in [0.4, 0.5) is 5.69 Å². The first kappa shape index (κ1) is 20.1. The number of ether oxygens (including phenoxy) is 2. The van der Waals surface area contributed by atoms with Gasteiger partial charge < -0.3 is 14.8 Å². The SMILES string of the molecule is CCOc1ccc(NC(=O)Cn2nc3c(Oc4ccccc4C)nccn3c2=O)cc1. The van der Waals surface area contributed by atoms with Crippen LogP contribution >= 0.6 is 0 Å². The number of nitrogens with zero attached hydrogens (tertiary/aromatic N) is 4. The van der Waals surface area contributed by atoms with Crippen LogP contribution in [0.5, 0.6) is 17.4 Å². The number of benzene rings is 2. The van der Waals surface area contributed by atoms with Gasteiger partial charge in [-0.05, 0) is 49.7 Å². The van der Waals surface area contributed by atoms with E-state index in [4.69, 9.17) is 9.47 Å². The van der Waals surface area contributed by atoms with Crippen molar-refractivity contribution in [2.45, 2.75) is 20.4 Å². The third kappa shape index (κ3) is 4.40. The molecule has 4 aromatic rings. The number of amides is 1. The molecular formula is C22H21N5O4. The molecule has 0 aliphatic carbocycles. The van der Waals surface area contributed by atoms with Gasteiger partial charge in [0.05, 0.1) is 6.61 Å². The maximum Gasteiger partial charge on any atom is 0.351 e. The minimum atomic E-state index is -0.464. The van der Waals surface area contributed by atoms with Gasteiger partial charge in [-0.15, -0.1) is 5.10 Å². The molecule has 4 rings (SSSR count). The van der Waals surface area contributed by atoms with E-state index in [-0.39, 0.29) is 24.0 Å². The summed E-state index contributed by atoms with van der Waals surface area (Å²) in [5.41, 5.74) is 1.27. The average molecular weight is 419 g/mol. The lowest BCUT2D eigenvalue weighted by Crippen LogP contribution is -2.28. The zero-order valence-corrected chi connectivity index (χ0v) is 17.1. The lowest BCUT2D eigenvalue weighted by atomic mass is 10.2. The first-order valence-electron chi connectivity index (χ1n) is 9.75. The molecule has 0 radical (unpaired) electrons. The van der Waals surface area contributed by atoms with E-state index in [0.717, 1.165) is 10.2 Å². The molecule has 2 aromatic carbocycles. The molecule has 0 spiro atoms. The number of carbonyl (C=O) groups excluding carboxylic acids is 1. The summed E-state index contributed by atoms with van der Waals surface area (Å²) in [5.74, 6) is 1.12. The summed E-state index contributed by atoms with van der Waals surface area (Å²) in [5, 5.41) is 7.00. The average Bonchev–Trinajstić information content (AvgIpc) is 3.08. The van der Waals surface area contributed by atoms with Crippen molar-refractivity contribution in [3.8, 4) is 17.4 Å². The zero-order chi connectivity index (χ0) is 21.8. The van der Waals surface area contributed by atoms with Crippen molar-refractivity contribution in [1.82, 2.24) is 19.2 Å². The van der Waals surface area contributed by atoms with Crippen LogP contribution in [0.3, 0.4) is 0 Å². The zero-order valence-electron chi connectivity index (χ0n) is 17.1. The van der Waals surface area contributed by atoms with Gasteiger partial charge in [0.25, 0.3) is 5.88 Å². The lowest BCUT2D eigenvalue weighted by molar-refractivity contribution is -0.117. The molecule has 0 bridgehead atoms. The van der Waals surface area contributed by atoms with Crippen LogP contribution < -0.4 is 20.5 Å². The number of rotatable bonds is 7. The Kier molecular flexibility index (Phi) is 5.65. The summed E-state index contributed by atoms with van der Waals surface area (Å²) in [6, 6.07) is 14.4. The second-order valence-corrected chi connectivity index (χ2v) is 6.74. The van der Waals surface area contributed by atoms with Crippen molar-refractivity contribution in [3.05, 3.63) is 77.0 Å². The van der Waals surface area contributed by atoms with Crippen LogP contribution in [0.25, 0.3) is 5.65 Å². The molecule has 1 amide bonds. The number of hydrogen-bond acceptors (Lipinski definition) is 6. The van der Waals surface area contributed by atoms with Gasteiger partial charge in [0.2, 0.25) is 11.6 Å². The van der Waals surface area contributed by atoms with Gasteiger partial charge in [0, 0.05) is 18.1 Å². The fourth-order valence-electron chi connectivity index (χ4n) is 3.01. The normalized spacial score (nSPS) is 10.8. The number of anilines is 1.